The van der Waals surface area contributed by atoms with Crippen molar-refractivity contribution < 1.29 is 4.74 Å². The van der Waals surface area contributed by atoms with Gasteiger partial charge in [0.15, 0.2) is 0 Å². The summed E-state index contributed by atoms with van der Waals surface area (Å²) in [5.41, 5.74) is 0. The lowest BCUT2D eigenvalue weighted by molar-refractivity contribution is 0.126. The molecule has 0 aliphatic carbocycles. The second-order valence-electron chi connectivity index (χ2n) is 4.42. The molecule has 0 aromatic carbocycles. The molecule has 0 aromatic heterocycles. The number of rotatable bonds is 7. The third-order valence-electron chi connectivity index (χ3n) is 3.18. The maximum atomic E-state index is 5.10. The van der Waals surface area contributed by atoms with Crippen molar-refractivity contribution in [2.24, 2.45) is 0 Å². The summed E-state index contributed by atoms with van der Waals surface area (Å²) in [6.45, 7) is 7.57. The van der Waals surface area contributed by atoms with E-state index in [4.69, 9.17) is 4.74 Å². The van der Waals surface area contributed by atoms with Gasteiger partial charge in [-0.3, -0.25) is 0 Å². The van der Waals surface area contributed by atoms with Crippen LogP contribution >= 0.6 is 0 Å². The largest absolute Gasteiger partial charge is 0.383 e. The van der Waals surface area contributed by atoms with Crippen molar-refractivity contribution in [2.45, 2.75) is 32.2 Å². The molecule has 1 N–H and O–H groups in total. The number of allylic oxidation sites excluding steroid dienone is 1. The summed E-state index contributed by atoms with van der Waals surface area (Å²) in [7, 11) is 1.77. The number of nitrogens with zero attached hydrogens (tertiary/aromatic N) is 1. The average molecular weight is 226 g/mol. The molecule has 1 saturated heterocycles. The molecule has 3 heteroatoms. The Balaban J connectivity index is 2.03. The fourth-order valence-corrected chi connectivity index (χ4v) is 2.12. The van der Waals surface area contributed by atoms with Crippen molar-refractivity contribution in [1.82, 2.24) is 10.2 Å². The highest BCUT2D eigenvalue weighted by atomic mass is 16.5. The van der Waals surface area contributed by atoms with E-state index >= 15 is 0 Å². The molecule has 1 aliphatic rings. The van der Waals surface area contributed by atoms with Gasteiger partial charge in [-0.25, -0.2) is 0 Å². The molecule has 0 radical (unpaired) electrons. The van der Waals surface area contributed by atoms with E-state index in [0.29, 0.717) is 0 Å². The van der Waals surface area contributed by atoms with Crippen LogP contribution in [0.1, 0.15) is 26.2 Å². The summed E-state index contributed by atoms with van der Waals surface area (Å²) < 4.78 is 5.10. The van der Waals surface area contributed by atoms with Gasteiger partial charge >= 0.3 is 0 Å². The molecule has 0 atom stereocenters. The Labute approximate surface area is 99.8 Å². The van der Waals surface area contributed by atoms with Crippen LogP contribution in [-0.2, 0) is 4.74 Å². The van der Waals surface area contributed by atoms with Gasteiger partial charge in [-0.15, -0.1) is 0 Å². The lowest BCUT2D eigenvalue weighted by atomic mass is 10.1. The molecule has 3 nitrogen and oxygen atoms in total. The fourth-order valence-electron chi connectivity index (χ4n) is 2.12. The van der Waals surface area contributed by atoms with Crippen molar-refractivity contribution in [3.63, 3.8) is 0 Å². The fraction of sp³-hybridized carbons (Fsp3) is 0.846. The Morgan fingerprint density at radius 2 is 2.12 bits per heavy atom. The van der Waals surface area contributed by atoms with Crippen molar-refractivity contribution in [1.29, 1.82) is 0 Å². The maximum Gasteiger partial charge on any atom is 0.0589 e. The van der Waals surface area contributed by atoms with E-state index in [1.54, 1.807) is 7.11 Å². The van der Waals surface area contributed by atoms with E-state index in [-0.39, 0.29) is 0 Å². The summed E-state index contributed by atoms with van der Waals surface area (Å²) in [4.78, 5) is 2.49. The van der Waals surface area contributed by atoms with Crippen LogP contribution in [-0.4, -0.2) is 50.8 Å². The van der Waals surface area contributed by atoms with Crippen LogP contribution in [0.2, 0.25) is 0 Å². The molecule has 1 fully saturated rings. The number of ether oxygens (including phenoxy) is 1. The monoisotopic (exact) mass is 226 g/mol. The smallest absolute Gasteiger partial charge is 0.0589 e. The average Bonchev–Trinajstić information content (AvgIpc) is 2.33. The van der Waals surface area contributed by atoms with Crippen LogP contribution in [0.5, 0.6) is 0 Å². The number of hydrogen-bond donors (Lipinski definition) is 1. The Morgan fingerprint density at radius 3 is 2.75 bits per heavy atom. The topological polar surface area (TPSA) is 24.5 Å². The van der Waals surface area contributed by atoms with Crippen LogP contribution < -0.4 is 5.32 Å². The number of hydrogen-bond acceptors (Lipinski definition) is 3. The molecule has 1 rings (SSSR count). The van der Waals surface area contributed by atoms with Crippen molar-refractivity contribution >= 4 is 0 Å². The van der Waals surface area contributed by atoms with E-state index in [1.807, 2.05) is 0 Å². The highest BCUT2D eigenvalue weighted by molar-refractivity contribution is 4.81. The minimum absolute atomic E-state index is 0.726. The lowest BCUT2D eigenvalue weighted by Gasteiger charge is -2.32. The first-order valence-corrected chi connectivity index (χ1v) is 6.42. The van der Waals surface area contributed by atoms with Gasteiger partial charge in [0.2, 0.25) is 0 Å². The zero-order valence-corrected chi connectivity index (χ0v) is 10.7. The predicted molar refractivity (Wildman–Crippen MR) is 68.8 cm³/mol. The SMILES string of the molecule is C/C=C/CCNC1CCN(CCOC)CC1. The van der Waals surface area contributed by atoms with Crippen molar-refractivity contribution in [3.05, 3.63) is 12.2 Å². The van der Waals surface area contributed by atoms with Crippen LogP contribution in [0, 0.1) is 0 Å². The molecular formula is C13H26N2O. The van der Waals surface area contributed by atoms with E-state index < -0.39 is 0 Å². The number of likely N-dealkylation sites (tertiary alicyclic amines) is 1. The van der Waals surface area contributed by atoms with E-state index in [9.17, 15) is 0 Å². The number of methoxy groups -OCH3 is 1. The van der Waals surface area contributed by atoms with Gasteiger partial charge in [-0.1, -0.05) is 12.2 Å². The van der Waals surface area contributed by atoms with E-state index in [0.717, 1.165) is 32.2 Å². The highest BCUT2D eigenvalue weighted by Crippen LogP contribution is 2.09. The molecule has 0 unspecified atom stereocenters. The Hall–Kier alpha value is -0.380. The quantitative estimate of drug-likeness (QED) is 0.528. The first kappa shape index (κ1) is 13.7. The summed E-state index contributed by atoms with van der Waals surface area (Å²) in [6, 6.07) is 0.726. The predicted octanol–water partition coefficient (Wildman–Crippen LogP) is 1.65. The van der Waals surface area contributed by atoms with E-state index in [2.05, 4.69) is 29.3 Å². The second kappa shape index (κ2) is 8.74. The van der Waals surface area contributed by atoms with Crippen molar-refractivity contribution in [3.8, 4) is 0 Å². The lowest BCUT2D eigenvalue weighted by Crippen LogP contribution is -2.43. The molecule has 94 valence electrons. The second-order valence-corrected chi connectivity index (χ2v) is 4.42. The Bertz CT molecular complexity index is 186. The normalized spacial score (nSPS) is 19.6. The van der Waals surface area contributed by atoms with Crippen LogP contribution in [0.25, 0.3) is 0 Å². The van der Waals surface area contributed by atoms with Gasteiger partial charge in [0.25, 0.3) is 0 Å². The molecular weight excluding hydrogens is 200 g/mol. The maximum absolute atomic E-state index is 5.10. The molecule has 0 spiro atoms. The third-order valence-corrected chi connectivity index (χ3v) is 3.18. The summed E-state index contributed by atoms with van der Waals surface area (Å²) in [5, 5.41) is 3.62. The number of nitrogens with one attached hydrogen (secondary N) is 1. The molecule has 16 heavy (non-hydrogen) atoms. The first-order valence-electron chi connectivity index (χ1n) is 6.42. The third kappa shape index (κ3) is 5.64. The van der Waals surface area contributed by atoms with Gasteiger partial charge in [-0.2, -0.15) is 0 Å². The highest BCUT2D eigenvalue weighted by Gasteiger charge is 2.17. The zero-order chi connectivity index (χ0) is 11.6. The molecule has 0 saturated carbocycles. The molecule has 0 aromatic rings. The molecule has 1 heterocycles. The minimum atomic E-state index is 0.726. The molecule has 1 aliphatic heterocycles. The van der Waals surface area contributed by atoms with Crippen molar-refractivity contribution in [2.75, 3.05) is 39.9 Å². The number of piperidine rings is 1. The molecule has 0 bridgehead atoms. The summed E-state index contributed by atoms with van der Waals surface area (Å²) in [5.74, 6) is 0. The van der Waals surface area contributed by atoms with Crippen LogP contribution in [0.15, 0.2) is 12.2 Å². The standard InChI is InChI=1S/C13H26N2O/c1-3-4-5-8-14-13-6-9-15(10-7-13)11-12-16-2/h3-4,13-14H,5-12H2,1-2H3/b4-3+. The Kier molecular flexibility index (Phi) is 7.47. The van der Waals surface area contributed by atoms with Gasteiger partial charge < -0.3 is 15.0 Å². The molecule has 0 amide bonds. The summed E-state index contributed by atoms with van der Waals surface area (Å²) in [6.07, 6.45) is 8.05. The first-order chi connectivity index (χ1) is 7.86. The van der Waals surface area contributed by atoms with E-state index in [1.165, 1.54) is 25.9 Å². The summed E-state index contributed by atoms with van der Waals surface area (Å²) >= 11 is 0. The van der Waals surface area contributed by atoms with Gasteiger partial charge in [0.05, 0.1) is 6.61 Å². The van der Waals surface area contributed by atoms with Crippen LogP contribution in [0.3, 0.4) is 0 Å². The van der Waals surface area contributed by atoms with Crippen LogP contribution in [0.4, 0.5) is 0 Å². The van der Waals surface area contributed by atoms with Gasteiger partial charge in [0.1, 0.15) is 0 Å². The Morgan fingerprint density at radius 1 is 1.38 bits per heavy atom. The minimum Gasteiger partial charge on any atom is -0.383 e. The van der Waals surface area contributed by atoms with Gasteiger partial charge in [-0.05, 0) is 45.8 Å². The zero-order valence-electron chi connectivity index (χ0n) is 10.7. The van der Waals surface area contributed by atoms with Gasteiger partial charge in [0, 0.05) is 19.7 Å².